The van der Waals surface area contributed by atoms with Gasteiger partial charge in [-0.3, -0.25) is 4.90 Å². The minimum Gasteiger partial charge on any atom is -0.379 e. The van der Waals surface area contributed by atoms with Crippen molar-refractivity contribution in [2.24, 2.45) is 0 Å². The summed E-state index contributed by atoms with van der Waals surface area (Å²) >= 11 is 0. The summed E-state index contributed by atoms with van der Waals surface area (Å²) in [6.07, 6.45) is 0. The fourth-order valence-corrected chi connectivity index (χ4v) is 2.77. The van der Waals surface area contributed by atoms with E-state index in [1.807, 2.05) is 36.9 Å². The SMILES string of the molecule is [CH2]C(O)(c1cc(C)ccc1-c1nnc(C)[nH]1)N1CCOCC1. The average molecular weight is 301 g/mol. The summed E-state index contributed by atoms with van der Waals surface area (Å²) in [5.74, 6) is 1.38. The number of benzene rings is 1. The second-order valence-corrected chi connectivity index (χ2v) is 5.72. The van der Waals surface area contributed by atoms with E-state index in [1.54, 1.807) is 0 Å². The number of aromatic amines is 1. The van der Waals surface area contributed by atoms with Crippen molar-refractivity contribution in [1.29, 1.82) is 0 Å². The van der Waals surface area contributed by atoms with Crippen LogP contribution in [0.1, 0.15) is 17.0 Å². The maximum atomic E-state index is 11.1. The van der Waals surface area contributed by atoms with Gasteiger partial charge in [0, 0.05) is 24.2 Å². The van der Waals surface area contributed by atoms with Gasteiger partial charge in [-0.05, 0) is 20.8 Å². The maximum Gasteiger partial charge on any atom is 0.161 e. The molecule has 2 aromatic rings. The standard InChI is InChI=1S/C16H21N4O2/c1-11-4-5-13(15-17-12(2)18-19-15)14(10-11)16(3,21)20-6-8-22-9-7-20/h4-5,10,21H,3,6-9H2,1-2H3,(H,17,18,19). The first-order chi connectivity index (χ1) is 10.5. The molecule has 6 nitrogen and oxygen atoms in total. The number of hydrogen-bond donors (Lipinski definition) is 2. The molecule has 1 aromatic heterocycles. The normalized spacial score (nSPS) is 19.1. The van der Waals surface area contributed by atoms with Crippen LogP contribution in [0, 0.1) is 20.8 Å². The molecule has 2 N–H and O–H groups in total. The minimum absolute atomic E-state index is 0.598. The van der Waals surface area contributed by atoms with Crippen LogP contribution < -0.4 is 0 Å². The molecule has 117 valence electrons. The molecule has 1 fully saturated rings. The number of aromatic nitrogens is 3. The number of nitrogens with one attached hydrogen (secondary N) is 1. The molecule has 0 spiro atoms. The summed E-state index contributed by atoms with van der Waals surface area (Å²) < 4.78 is 5.36. The smallest absolute Gasteiger partial charge is 0.161 e. The van der Waals surface area contributed by atoms with Crippen LogP contribution in [0.25, 0.3) is 11.4 Å². The molecule has 3 rings (SSSR count). The largest absolute Gasteiger partial charge is 0.379 e. The van der Waals surface area contributed by atoms with E-state index in [-0.39, 0.29) is 0 Å². The fourth-order valence-electron chi connectivity index (χ4n) is 2.77. The van der Waals surface area contributed by atoms with Gasteiger partial charge in [-0.1, -0.05) is 23.8 Å². The maximum absolute atomic E-state index is 11.1. The molecular weight excluding hydrogens is 280 g/mol. The summed E-state index contributed by atoms with van der Waals surface area (Å²) in [6, 6.07) is 5.89. The summed E-state index contributed by atoms with van der Waals surface area (Å²) in [5, 5.41) is 19.2. The Labute approximate surface area is 130 Å². The van der Waals surface area contributed by atoms with Gasteiger partial charge in [-0.2, -0.15) is 0 Å². The van der Waals surface area contributed by atoms with E-state index < -0.39 is 5.72 Å². The molecule has 1 aliphatic heterocycles. The molecule has 0 bridgehead atoms. The molecule has 1 unspecified atom stereocenters. The van der Waals surface area contributed by atoms with Crippen LogP contribution in [0.5, 0.6) is 0 Å². The third-order valence-corrected chi connectivity index (χ3v) is 4.00. The van der Waals surface area contributed by atoms with Gasteiger partial charge in [0.15, 0.2) is 5.82 Å². The van der Waals surface area contributed by atoms with Gasteiger partial charge in [0.2, 0.25) is 0 Å². The van der Waals surface area contributed by atoms with Gasteiger partial charge >= 0.3 is 0 Å². The second-order valence-electron chi connectivity index (χ2n) is 5.72. The second kappa shape index (κ2) is 5.79. The fraction of sp³-hybridized carbons (Fsp3) is 0.438. The first-order valence-corrected chi connectivity index (χ1v) is 7.40. The van der Waals surface area contributed by atoms with Crippen molar-refractivity contribution < 1.29 is 9.84 Å². The molecule has 0 amide bonds. The molecule has 6 heteroatoms. The molecule has 22 heavy (non-hydrogen) atoms. The van der Waals surface area contributed by atoms with Gasteiger partial charge in [0.05, 0.1) is 13.2 Å². The van der Waals surface area contributed by atoms with Crippen molar-refractivity contribution >= 4 is 0 Å². The highest BCUT2D eigenvalue weighted by molar-refractivity contribution is 5.62. The van der Waals surface area contributed by atoms with Crippen LogP contribution in [-0.2, 0) is 10.5 Å². The highest BCUT2D eigenvalue weighted by Crippen LogP contribution is 2.33. The minimum atomic E-state index is -1.33. The van der Waals surface area contributed by atoms with Crippen LogP contribution in [0.2, 0.25) is 0 Å². The van der Waals surface area contributed by atoms with Crippen LogP contribution in [0.3, 0.4) is 0 Å². The van der Waals surface area contributed by atoms with Gasteiger partial charge in [-0.25, -0.2) is 0 Å². The van der Waals surface area contributed by atoms with Crippen molar-refractivity contribution in [3.8, 4) is 11.4 Å². The number of H-pyrrole nitrogens is 1. The molecule has 1 aliphatic rings. The van der Waals surface area contributed by atoms with E-state index >= 15 is 0 Å². The number of aryl methyl sites for hydroxylation is 2. The van der Waals surface area contributed by atoms with Gasteiger partial charge < -0.3 is 14.8 Å². The number of rotatable bonds is 3. The van der Waals surface area contributed by atoms with Gasteiger partial charge in [-0.15, -0.1) is 10.2 Å². The lowest BCUT2D eigenvalue weighted by molar-refractivity contribution is -0.116. The van der Waals surface area contributed by atoms with Crippen molar-refractivity contribution in [2.75, 3.05) is 26.3 Å². The lowest BCUT2D eigenvalue weighted by Gasteiger charge is -2.40. The van der Waals surface area contributed by atoms with E-state index in [0.717, 1.165) is 22.5 Å². The lowest BCUT2D eigenvalue weighted by Crippen LogP contribution is -2.50. The zero-order valence-electron chi connectivity index (χ0n) is 13.0. The van der Waals surface area contributed by atoms with E-state index in [9.17, 15) is 5.11 Å². The topological polar surface area (TPSA) is 74.3 Å². The van der Waals surface area contributed by atoms with Crippen molar-refractivity contribution in [3.63, 3.8) is 0 Å². The average Bonchev–Trinajstić information content (AvgIpc) is 2.94. The molecule has 0 aliphatic carbocycles. The Balaban J connectivity index is 2.06. The van der Waals surface area contributed by atoms with Crippen LogP contribution in [0.4, 0.5) is 0 Å². The van der Waals surface area contributed by atoms with Crippen LogP contribution in [-0.4, -0.2) is 51.5 Å². The Morgan fingerprint density at radius 3 is 2.64 bits per heavy atom. The van der Waals surface area contributed by atoms with E-state index in [1.165, 1.54) is 0 Å². The summed E-state index contributed by atoms with van der Waals surface area (Å²) in [5.41, 5.74) is 1.28. The van der Waals surface area contributed by atoms with Crippen molar-refractivity contribution in [2.45, 2.75) is 19.6 Å². The number of nitrogens with zero attached hydrogens (tertiary/aromatic N) is 3. The quantitative estimate of drug-likeness (QED) is 0.896. The Kier molecular flexibility index (Phi) is 3.99. The Morgan fingerprint density at radius 1 is 1.27 bits per heavy atom. The number of hydrogen-bond acceptors (Lipinski definition) is 5. The summed E-state index contributed by atoms with van der Waals surface area (Å²) in [6.45, 7) is 10.4. The van der Waals surface area contributed by atoms with Gasteiger partial charge in [0.1, 0.15) is 11.5 Å². The zero-order valence-corrected chi connectivity index (χ0v) is 13.0. The predicted molar refractivity (Wildman–Crippen MR) is 82.9 cm³/mol. The first kappa shape index (κ1) is 15.1. The highest BCUT2D eigenvalue weighted by Gasteiger charge is 2.35. The first-order valence-electron chi connectivity index (χ1n) is 7.40. The number of morpholine rings is 1. The molecular formula is C16H21N4O2. The third kappa shape index (κ3) is 2.77. The zero-order chi connectivity index (χ0) is 15.7. The molecule has 1 saturated heterocycles. The molecule has 1 atom stereocenters. The molecule has 1 aromatic carbocycles. The van der Waals surface area contributed by atoms with E-state index in [0.29, 0.717) is 32.1 Å². The lowest BCUT2D eigenvalue weighted by atomic mass is 9.94. The summed E-state index contributed by atoms with van der Waals surface area (Å²) in [7, 11) is 0. The molecule has 0 saturated carbocycles. The number of ether oxygens (including phenoxy) is 1. The number of aliphatic hydroxyl groups is 1. The summed E-state index contributed by atoms with van der Waals surface area (Å²) in [4.78, 5) is 5.05. The Morgan fingerprint density at radius 2 is 2.00 bits per heavy atom. The van der Waals surface area contributed by atoms with Crippen molar-refractivity contribution in [1.82, 2.24) is 20.1 Å². The predicted octanol–water partition coefficient (Wildman–Crippen LogP) is 1.40. The van der Waals surface area contributed by atoms with Crippen LogP contribution >= 0.6 is 0 Å². The Hall–Kier alpha value is -1.76. The van der Waals surface area contributed by atoms with E-state index in [4.69, 9.17) is 4.74 Å². The Bertz CT molecular complexity index is 660. The van der Waals surface area contributed by atoms with Crippen molar-refractivity contribution in [3.05, 3.63) is 42.1 Å². The molecule has 2 heterocycles. The van der Waals surface area contributed by atoms with Crippen LogP contribution in [0.15, 0.2) is 18.2 Å². The molecule has 1 radical (unpaired) electrons. The highest BCUT2D eigenvalue weighted by atomic mass is 16.5. The van der Waals surface area contributed by atoms with E-state index in [2.05, 4.69) is 22.1 Å². The van der Waals surface area contributed by atoms with Gasteiger partial charge in [0.25, 0.3) is 0 Å². The third-order valence-electron chi connectivity index (χ3n) is 4.00. The monoisotopic (exact) mass is 301 g/mol.